The smallest absolute Gasteiger partial charge is 0.261 e. The van der Waals surface area contributed by atoms with Crippen LogP contribution in [0, 0.1) is 6.92 Å². The van der Waals surface area contributed by atoms with Crippen molar-refractivity contribution in [3.63, 3.8) is 0 Å². The molecule has 0 saturated carbocycles. The molecule has 0 spiro atoms. The van der Waals surface area contributed by atoms with Crippen LogP contribution >= 0.6 is 0 Å². The lowest BCUT2D eigenvalue weighted by atomic mass is 10.0. The number of ether oxygens (including phenoxy) is 1. The van der Waals surface area contributed by atoms with Crippen molar-refractivity contribution in [2.45, 2.75) is 32.9 Å². The SMILES string of the molecule is CC[C@H](Oc1cccc(C)c1)C(=O)NCc1cccc2ccccc12. The molecular weight excluding hydrogens is 310 g/mol. The van der Waals surface area contributed by atoms with E-state index in [0.29, 0.717) is 13.0 Å². The van der Waals surface area contributed by atoms with Crippen molar-refractivity contribution in [3.05, 3.63) is 77.9 Å². The third kappa shape index (κ3) is 4.18. The lowest BCUT2D eigenvalue weighted by Crippen LogP contribution is -2.37. The first-order chi connectivity index (χ1) is 12.2. The van der Waals surface area contributed by atoms with Crippen molar-refractivity contribution in [2.75, 3.05) is 0 Å². The van der Waals surface area contributed by atoms with E-state index in [2.05, 4.69) is 23.5 Å². The minimum Gasteiger partial charge on any atom is -0.481 e. The molecule has 0 unspecified atom stereocenters. The average molecular weight is 333 g/mol. The van der Waals surface area contributed by atoms with Crippen molar-refractivity contribution in [1.29, 1.82) is 0 Å². The summed E-state index contributed by atoms with van der Waals surface area (Å²) >= 11 is 0. The van der Waals surface area contributed by atoms with Crippen molar-refractivity contribution >= 4 is 16.7 Å². The maximum atomic E-state index is 12.5. The van der Waals surface area contributed by atoms with E-state index >= 15 is 0 Å². The quantitative estimate of drug-likeness (QED) is 0.715. The summed E-state index contributed by atoms with van der Waals surface area (Å²) in [7, 11) is 0. The monoisotopic (exact) mass is 333 g/mol. The molecule has 3 aromatic carbocycles. The molecule has 3 heteroatoms. The van der Waals surface area contributed by atoms with E-state index in [1.54, 1.807) is 0 Å². The maximum Gasteiger partial charge on any atom is 0.261 e. The number of hydrogen-bond acceptors (Lipinski definition) is 2. The van der Waals surface area contributed by atoms with E-state index in [-0.39, 0.29) is 5.91 Å². The maximum absolute atomic E-state index is 12.5. The fraction of sp³-hybridized carbons (Fsp3) is 0.227. The fourth-order valence-corrected chi connectivity index (χ4v) is 2.92. The minimum absolute atomic E-state index is 0.0862. The molecule has 0 bridgehead atoms. The topological polar surface area (TPSA) is 38.3 Å². The molecule has 0 radical (unpaired) electrons. The zero-order valence-electron chi connectivity index (χ0n) is 14.7. The molecule has 0 fully saturated rings. The Morgan fingerprint density at radius 3 is 2.60 bits per heavy atom. The van der Waals surface area contributed by atoms with Crippen molar-refractivity contribution in [1.82, 2.24) is 5.32 Å². The number of hydrogen-bond donors (Lipinski definition) is 1. The number of rotatable bonds is 6. The average Bonchev–Trinajstić information content (AvgIpc) is 2.64. The lowest BCUT2D eigenvalue weighted by Gasteiger charge is -2.18. The molecule has 128 valence electrons. The Balaban J connectivity index is 1.68. The molecule has 0 aliphatic carbocycles. The normalized spacial score (nSPS) is 11.9. The second kappa shape index (κ2) is 7.84. The van der Waals surface area contributed by atoms with Crippen LogP contribution in [0.2, 0.25) is 0 Å². The van der Waals surface area contributed by atoms with Gasteiger partial charge in [-0.05, 0) is 47.4 Å². The van der Waals surface area contributed by atoms with E-state index < -0.39 is 6.10 Å². The summed E-state index contributed by atoms with van der Waals surface area (Å²) in [6.07, 6.45) is 0.131. The van der Waals surface area contributed by atoms with Gasteiger partial charge in [0.2, 0.25) is 0 Å². The Labute approximate surface area is 148 Å². The summed E-state index contributed by atoms with van der Waals surface area (Å²) in [5.41, 5.74) is 2.22. The molecular formula is C22H23NO2. The van der Waals surface area contributed by atoms with E-state index in [1.807, 2.05) is 62.4 Å². The number of amides is 1. The van der Waals surface area contributed by atoms with Crippen LogP contribution in [0.25, 0.3) is 10.8 Å². The van der Waals surface area contributed by atoms with Crippen LogP contribution in [0.4, 0.5) is 0 Å². The van der Waals surface area contributed by atoms with Crippen LogP contribution in [0.5, 0.6) is 5.75 Å². The third-order valence-electron chi connectivity index (χ3n) is 4.26. The van der Waals surface area contributed by atoms with Crippen molar-refractivity contribution < 1.29 is 9.53 Å². The van der Waals surface area contributed by atoms with E-state index in [9.17, 15) is 4.79 Å². The summed E-state index contributed by atoms with van der Waals surface area (Å²) < 4.78 is 5.87. The molecule has 3 nitrogen and oxygen atoms in total. The zero-order valence-corrected chi connectivity index (χ0v) is 14.7. The van der Waals surface area contributed by atoms with Crippen molar-refractivity contribution in [3.8, 4) is 5.75 Å². The minimum atomic E-state index is -0.489. The Hall–Kier alpha value is -2.81. The Morgan fingerprint density at radius 1 is 1.04 bits per heavy atom. The van der Waals surface area contributed by atoms with Gasteiger partial charge in [0.25, 0.3) is 5.91 Å². The predicted molar refractivity (Wildman–Crippen MR) is 102 cm³/mol. The highest BCUT2D eigenvalue weighted by atomic mass is 16.5. The van der Waals surface area contributed by atoms with Gasteiger partial charge in [-0.15, -0.1) is 0 Å². The lowest BCUT2D eigenvalue weighted by molar-refractivity contribution is -0.128. The first-order valence-corrected chi connectivity index (χ1v) is 8.65. The van der Waals surface area contributed by atoms with E-state index in [0.717, 1.165) is 22.3 Å². The summed E-state index contributed by atoms with van der Waals surface area (Å²) in [6, 6.07) is 22.1. The molecule has 25 heavy (non-hydrogen) atoms. The Kier molecular flexibility index (Phi) is 5.34. The van der Waals surface area contributed by atoms with Gasteiger partial charge in [-0.1, -0.05) is 61.5 Å². The van der Waals surface area contributed by atoms with Gasteiger partial charge >= 0.3 is 0 Å². The summed E-state index contributed by atoms with van der Waals surface area (Å²) in [4.78, 5) is 12.5. The van der Waals surface area contributed by atoms with E-state index in [1.165, 1.54) is 5.39 Å². The van der Waals surface area contributed by atoms with Crippen LogP contribution in [-0.2, 0) is 11.3 Å². The van der Waals surface area contributed by atoms with Crippen LogP contribution in [0.3, 0.4) is 0 Å². The molecule has 1 amide bonds. The highest BCUT2D eigenvalue weighted by Crippen LogP contribution is 2.19. The van der Waals surface area contributed by atoms with Crippen LogP contribution < -0.4 is 10.1 Å². The second-order valence-corrected chi connectivity index (χ2v) is 6.19. The number of carbonyl (C=O) groups excluding carboxylic acids is 1. The van der Waals surface area contributed by atoms with Gasteiger partial charge in [-0.25, -0.2) is 0 Å². The molecule has 0 aromatic heterocycles. The molecule has 0 aliphatic rings. The number of fused-ring (bicyclic) bond motifs is 1. The largest absolute Gasteiger partial charge is 0.481 e. The fourth-order valence-electron chi connectivity index (χ4n) is 2.92. The number of carbonyl (C=O) groups is 1. The highest BCUT2D eigenvalue weighted by molar-refractivity contribution is 5.86. The summed E-state index contributed by atoms with van der Waals surface area (Å²) in [5.74, 6) is 0.643. The zero-order chi connectivity index (χ0) is 17.6. The van der Waals surface area contributed by atoms with Crippen LogP contribution in [0.15, 0.2) is 66.7 Å². The predicted octanol–water partition coefficient (Wildman–Crippen LogP) is 4.62. The first kappa shape index (κ1) is 17.0. The number of benzene rings is 3. The van der Waals surface area contributed by atoms with Gasteiger partial charge in [-0.2, -0.15) is 0 Å². The number of aryl methyl sites for hydroxylation is 1. The van der Waals surface area contributed by atoms with Gasteiger partial charge in [-0.3, -0.25) is 4.79 Å². The standard InChI is InChI=1S/C22H23NO2/c1-3-21(25-19-12-6-8-16(2)14-19)22(24)23-15-18-11-7-10-17-9-4-5-13-20(17)18/h4-14,21H,3,15H2,1-2H3,(H,23,24)/t21-/m0/s1. The molecule has 1 atom stereocenters. The third-order valence-corrected chi connectivity index (χ3v) is 4.26. The highest BCUT2D eigenvalue weighted by Gasteiger charge is 2.18. The van der Waals surface area contributed by atoms with Gasteiger partial charge in [0, 0.05) is 6.54 Å². The van der Waals surface area contributed by atoms with Crippen LogP contribution in [0.1, 0.15) is 24.5 Å². The molecule has 0 aliphatic heterocycles. The van der Waals surface area contributed by atoms with E-state index in [4.69, 9.17) is 4.74 Å². The molecule has 3 aromatic rings. The number of nitrogens with one attached hydrogen (secondary N) is 1. The molecule has 3 rings (SSSR count). The van der Waals surface area contributed by atoms with Crippen LogP contribution in [-0.4, -0.2) is 12.0 Å². The molecule has 0 saturated heterocycles. The Bertz CT molecular complexity index is 867. The van der Waals surface area contributed by atoms with Gasteiger partial charge in [0.05, 0.1) is 0 Å². The molecule has 1 N–H and O–H groups in total. The summed E-state index contributed by atoms with van der Waals surface area (Å²) in [6.45, 7) is 4.46. The first-order valence-electron chi connectivity index (χ1n) is 8.65. The molecule has 0 heterocycles. The van der Waals surface area contributed by atoms with Gasteiger partial charge in [0.15, 0.2) is 6.10 Å². The van der Waals surface area contributed by atoms with Crippen molar-refractivity contribution in [2.24, 2.45) is 0 Å². The van der Waals surface area contributed by atoms with Gasteiger partial charge in [0.1, 0.15) is 5.75 Å². The summed E-state index contributed by atoms with van der Waals surface area (Å²) in [5, 5.41) is 5.36. The van der Waals surface area contributed by atoms with Gasteiger partial charge < -0.3 is 10.1 Å². The Morgan fingerprint density at radius 2 is 1.80 bits per heavy atom. The second-order valence-electron chi connectivity index (χ2n) is 6.19.